The molecule has 1 aromatic rings. The van der Waals surface area contributed by atoms with E-state index in [0.29, 0.717) is 5.56 Å². The van der Waals surface area contributed by atoms with Crippen molar-refractivity contribution in [2.75, 3.05) is 13.2 Å². The lowest BCUT2D eigenvalue weighted by atomic mass is 9.87. The van der Waals surface area contributed by atoms with Gasteiger partial charge in [-0.3, -0.25) is 9.59 Å². The summed E-state index contributed by atoms with van der Waals surface area (Å²) in [6.45, 7) is 10.8. The van der Waals surface area contributed by atoms with E-state index >= 15 is 0 Å². The van der Waals surface area contributed by atoms with Gasteiger partial charge in [0.25, 0.3) is 0 Å². The lowest BCUT2D eigenvalue weighted by Crippen LogP contribution is -2.38. The number of hydrogen-bond donors (Lipinski definition) is 2. The summed E-state index contributed by atoms with van der Waals surface area (Å²) in [7, 11) is 0. The Morgan fingerprint density at radius 3 is 1.86 bits per heavy atom. The average Bonchev–Trinajstić information content (AvgIpc) is 2.84. The number of carboxylic acids is 1. The topological polar surface area (TPSA) is 161 Å². The summed E-state index contributed by atoms with van der Waals surface area (Å²) >= 11 is 0. The second-order valence-electron chi connectivity index (χ2n) is 9.19. The molecule has 4 unspecified atom stereocenters. The Bertz CT molecular complexity index is 919. The number of carbonyl (C=O) groups excluding carboxylic acids is 3. The van der Waals surface area contributed by atoms with Gasteiger partial charge >= 0.3 is 24.2 Å². The van der Waals surface area contributed by atoms with Gasteiger partial charge in [0.2, 0.25) is 0 Å². The fourth-order valence-electron chi connectivity index (χ4n) is 3.17. The average molecular weight is 526 g/mol. The van der Waals surface area contributed by atoms with Crippen LogP contribution in [0.5, 0.6) is 11.5 Å². The van der Waals surface area contributed by atoms with Gasteiger partial charge in [-0.2, -0.15) is 0 Å². The van der Waals surface area contributed by atoms with Gasteiger partial charge in [0.05, 0.1) is 19.3 Å². The zero-order valence-electron chi connectivity index (χ0n) is 22.4. The number of nitrogens with two attached hydrogens (primary N) is 1. The highest BCUT2D eigenvalue weighted by atomic mass is 16.7. The van der Waals surface area contributed by atoms with Crippen molar-refractivity contribution in [3.8, 4) is 11.5 Å². The smallest absolute Gasteiger partial charge is 0.480 e. The van der Waals surface area contributed by atoms with Crippen molar-refractivity contribution in [3.63, 3.8) is 0 Å². The first-order chi connectivity index (χ1) is 17.4. The molecule has 0 saturated heterocycles. The normalized spacial score (nSPS) is 14.9. The van der Waals surface area contributed by atoms with E-state index in [4.69, 9.17) is 29.4 Å². The fraction of sp³-hybridized carbons (Fsp3) is 0.615. The Kier molecular flexibility index (Phi) is 13.4. The summed E-state index contributed by atoms with van der Waals surface area (Å²) in [5, 5.41) is 9.54. The van der Waals surface area contributed by atoms with Crippen LogP contribution >= 0.6 is 0 Å². The molecule has 0 heterocycles. The minimum atomic E-state index is -1.37. The molecule has 0 aliphatic carbocycles. The van der Waals surface area contributed by atoms with Gasteiger partial charge in [-0.15, -0.1) is 0 Å². The largest absolute Gasteiger partial charge is 0.513 e. The van der Waals surface area contributed by atoms with Gasteiger partial charge in [-0.25, -0.2) is 9.59 Å². The van der Waals surface area contributed by atoms with Crippen LogP contribution in [-0.2, 0) is 23.8 Å². The molecule has 1 rings (SSSR count). The predicted octanol–water partition coefficient (Wildman–Crippen LogP) is 4.65. The second kappa shape index (κ2) is 15.7. The third-order valence-electron chi connectivity index (χ3n) is 5.82. The Morgan fingerprint density at radius 2 is 1.41 bits per heavy atom. The third-order valence-corrected chi connectivity index (χ3v) is 5.82. The first-order valence-electron chi connectivity index (χ1n) is 12.4. The van der Waals surface area contributed by atoms with Gasteiger partial charge < -0.3 is 34.5 Å². The van der Waals surface area contributed by atoms with Crippen molar-refractivity contribution in [1.82, 2.24) is 0 Å². The highest BCUT2D eigenvalue weighted by Gasteiger charge is 2.30. The van der Waals surface area contributed by atoms with Crippen molar-refractivity contribution in [3.05, 3.63) is 23.8 Å². The minimum Gasteiger partial charge on any atom is -0.480 e. The summed E-state index contributed by atoms with van der Waals surface area (Å²) in [5.41, 5.74) is 6.30. The van der Waals surface area contributed by atoms with Crippen molar-refractivity contribution < 1.29 is 48.0 Å². The fourth-order valence-corrected chi connectivity index (χ4v) is 3.17. The Balaban J connectivity index is 3.29. The number of carboxylic acid groups (broad SMARTS) is 1. The Labute approximate surface area is 217 Å². The molecule has 0 spiro atoms. The standard InChI is InChI=1S/C26H39NO10/c1-7-15(3)13-33-25(31)36-21-10-9-19(12-22(21)37-26(32)34-14-16(4)8-2)20(23(27)24(29)30)11-17(5)35-18(6)28/h9-10,12,15-17,20,23H,7-8,11,13-14,27H2,1-6H3,(H,29,30)/t15?,16?,17?,20?,23-/m0/s1. The number of aliphatic carboxylic acids is 1. The molecule has 0 fully saturated rings. The lowest BCUT2D eigenvalue weighted by Gasteiger charge is -2.25. The number of esters is 1. The summed E-state index contributed by atoms with van der Waals surface area (Å²) in [5.74, 6) is -2.72. The number of carbonyl (C=O) groups is 4. The molecule has 0 aromatic heterocycles. The molecular formula is C26H39NO10. The van der Waals surface area contributed by atoms with Gasteiger partial charge in [0.15, 0.2) is 11.5 Å². The molecular weight excluding hydrogens is 486 g/mol. The lowest BCUT2D eigenvalue weighted by molar-refractivity contribution is -0.146. The highest BCUT2D eigenvalue weighted by Crippen LogP contribution is 2.35. The molecule has 1 aromatic carbocycles. The summed E-state index contributed by atoms with van der Waals surface area (Å²) < 4.78 is 26.0. The quantitative estimate of drug-likeness (QED) is 0.198. The number of rotatable bonds is 14. The molecule has 11 heteroatoms. The molecule has 11 nitrogen and oxygen atoms in total. The Hall–Kier alpha value is -3.34. The van der Waals surface area contributed by atoms with E-state index in [-0.39, 0.29) is 43.0 Å². The Morgan fingerprint density at radius 1 is 0.892 bits per heavy atom. The van der Waals surface area contributed by atoms with E-state index in [1.807, 2.05) is 27.7 Å². The van der Waals surface area contributed by atoms with Crippen LogP contribution in [0.4, 0.5) is 9.59 Å². The molecule has 0 saturated carbocycles. The van der Waals surface area contributed by atoms with Crippen LogP contribution in [0.25, 0.3) is 0 Å². The van der Waals surface area contributed by atoms with Crippen LogP contribution in [-0.4, -0.2) is 54.7 Å². The number of hydrogen-bond acceptors (Lipinski definition) is 10. The van der Waals surface area contributed by atoms with Crippen LogP contribution in [0.1, 0.15) is 72.3 Å². The van der Waals surface area contributed by atoms with Crippen LogP contribution in [0, 0.1) is 11.8 Å². The van der Waals surface area contributed by atoms with Crippen molar-refractivity contribution in [2.45, 2.75) is 78.9 Å². The summed E-state index contributed by atoms with van der Waals surface area (Å²) in [6.07, 6.45) is -1.01. The zero-order chi connectivity index (χ0) is 28.1. The minimum absolute atomic E-state index is 0.0715. The highest BCUT2D eigenvalue weighted by molar-refractivity contribution is 5.75. The van der Waals surface area contributed by atoms with E-state index in [1.165, 1.54) is 25.1 Å². The SMILES string of the molecule is CCC(C)COC(=O)Oc1ccc(C(CC(C)OC(C)=O)[C@H](N)C(=O)O)cc1OC(=O)OCC(C)CC. The second-order valence-corrected chi connectivity index (χ2v) is 9.19. The first-order valence-corrected chi connectivity index (χ1v) is 12.4. The molecule has 5 atom stereocenters. The van der Waals surface area contributed by atoms with Crippen LogP contribution in [0.15, 0.2) is 18.2 Å². The predicted molar refractivity (Wildman–Crippen MR) is 134 cm³/mol. The van der Waals surface area contributed by atoms with Crippen molar-refractivity contribution in [2.24, 2.45) is 17.6 Å². The molecule has 0 amide bonds. The van der Waals surface area contributed by atoms with Gasteiger partial charge in [0.1, 0.15) is 6.04 Å². The summed E-state index contributed by atoms with van der Waals surface area (Å²) in [6, 6.07) is 2.81. The van der Waals surface area contributed by atoms with E-state index < -0.39 is 42.3 Å². The van der Waals surface area contributed by atoms with Gasteiger partial charge in [0, 0.05) is 12.8 Å². The van der Waals surface area contributed by atoms with Crippen molar-refractivity contribution >= 4 is 24.2 Å². The molecule has 37 heavy (non-hydrogen) atoms. The van der Waals surface area contributed by atoms with E-state index in [2.05, 4.69) is 0 Å². The van der Waals surface area contributed by atoms with Crippen LogP contribution in [0.3, 0.4) is 0 Å². The molecule has 0 radical (unpaired) electrons. The maximum Gasteiger partial charge on any atom is 0.513 e. The number of benzene rings is 1. The van der Waals surface area contributed by atoms with E-state index in [9.17, 15) is 24.3 Å². The molecule has 3 N–H and O–H groups in total. The third kappa shape index (κ3) is 11.5. The molecule has 0 aliphatic heterocycles. The number of ether oxygens (including phenoxy) is 5. The monoisotopic (exact) mass is 525 g/mol. The molecule has 208 valence electrons. The van der Waals surface area contributed by atoms with E-state index in [1.54, 1.807) is 6.92 Å². The molecule has 0 bridgehead atoms. The maximum absolute atomic E-state index is 12.4. The van der Waals surface area contributed by atoms with Crippen LogP contribution in [0.2, 0.25) is 0 Å². The van der Waals surface area contributed by atoms with Crippen molar-refractivity contribution in [1.29, 1.82) is 0 Å². The zero-order valence-corrected chi connectivity index (χ0v) is 22.4. The first kappa shape index (κ1) is 31.7. The van der Waals surface area contributed by atoms with E-state index in [0.717, 1.165) is 12.8 Å². The van der Waals surface area contributed by atoms with Gasteiger partial charge in [-0.1, -0.05) is 46.6 Å². The molecule has 0 aliphatic rings. The maximum atomic E-state index is 12.4. The summed E-state index contributed by atoms with van der Waals surface area (Å²) in [4.78, 5) is 47.6. The van der Waals surface area contributed by atoms with Gasteiger partial charge in [-0.05, 0) is 42.9 Å². The van der Waals surface area contributed by atoms with Crippen LogP contribution < -0.4 is 15.2 Å².